The molecule has 3 nitrogen and oxygen atoms in total. The number of ether oxygens (including phenoxy) is 1. The molecule has 0 atom stereocenters. The van der Waals surface area contributed by atoms with Crippen LogP contribution in [0.15, 0.2) is 48.9 Å². The maximum atomic E-state index is 12.5. The summed E-state index contributed by atoms with van der Waals surface area (Å²) in [5.41, 5.74) is 2.61. The van der Waals surface area contributed by atoms with Gasteiger partial charge in [-0.1, -0.05) is 96.8 Å². The number of anilines is 1. The second-order valence-electron chi connectivity index (χ2n) is 9.08. The zero-order chi connectivity index (χ0) is 24.7. The Labute approximate surface area is 209 Å². The van der Waals surface area contributed by atoms with Crippen LogP contribution < -0.4 is 5.32 Å². The molecule has 1 rings (SSSR count). The van der Waals surface area contributed by atoms with Crippen molar-refractivity contribution in [3.63, 3.8) is 0 Å². The maximum Gasteiger partial charge on any atom is 0.342 e. The lowest BCUT2D eigenvalue weighted by molar-refractivity contribution is 0.0662. The van der Waals surface area contributed by atoms with Gasteiger partial charge in [-0.05, 0) is 74.6 Å². The van der Waals surface area contributed by atoms with Crippen LogP contribution in [-0.4, -0.2) is 5.97 Å². The Kier molecular flexibility index (Phi) is 18.6. The van der Waals surface area contributed by atoms with Crippen LogP contribution in [-0.2, 0) is 4.74 Å². The van der Waals surface area contributed by atoms with E-state index in [0.29, 0.717) is 5.56 Å². The molecule has 0 unspecified atom stereocenters. The number of rotatable bonds is 20. The Bertz CT molecular complexity index is 733. The molecule has 0 aliphatic carbocycles. The third kappa shape index (κ3) is 14.8. The summed E-state index contributed by atoms with van der Waals surface area (Å²) in [5.74, 6) is -0.305. The van der Waals surface area contributed by atoms with Crippen molar-refractivity contribution in [3.05, 3.63) is 60.0 Å². The summed E-state index contributed by atoms with van der Waals surface area (Å²) in [6.07, 6.45) is 30.1. The Hall–Kier alpha value is -2.29. The molecule has 0 spiro atoms. The zero-order valence-corrected chi connectivity index (χ0v) is 22.1. The number of hydrogen-bond donors (Lipinski definition) is 1. The predicted octanol–water partition coefficient (Wildman–Crippen LogP) is 10.2. The Morgan fingerprint density at radius 2 is 1.35 bits per heavy atom. The number of esters is 1. The highest BCUT2D eigenvalue weighted by molar-refractivity contribution is 5.91. The molecule has 0 amide bonds. The normalized spacial score (nSPS) is 11.7. The standard InChI is InChI=1S/C31H49NO2/c1-4-7-10-13-16-19-22-28-27-29(31(33)34-26-21-18-15-12-9-6-3)23-24-30(28)32-25-20-17-14-11-8-5-2/h19-27,32H,4-18H2,1-3H3. The van der Waals surface area contributed by atoms with Gasteiger partial charge in [0.05, 0.1) is 11.8 Å². The second-order valence-corrected chi connectivity index (χ2v) is 9.08. The quantitative estimate of drug-likeness (QED) is 0.118. The lowest BCUT2D eigenvalue weighted by atomic mass is 10.1. The molecule has 0 aliphatic rings. The van der Waals surface area contributed by atoms with Crippen LogP contribution in [0.4, 0.5) is 5.69 Å². The van der Waals surface area contributed by atoms with Gasteiger partial charge in [-0.3, -0.25) is 0 Å². The van der Waals surface area contributed by atoms with Gasteiger partial charge < -0.3 is 10.1 Å². The molecule has 0 fully saturated rings. The molecule has 190 valence electrons. The van der Waals surface area contributed by atoms with E-state index in [-0.39, 0.29) is 5.97 Å². The van der Waals surface area contributed by atoms with Crippen molar-refractivity contribution >= 4 is 17.7 Å². The smallest absolute Gasteiger partial charge is 0.342 e. The topological polar surface area (TPSA) is 38.3 Å². The molecular formula is C31H49NO2. The average molecular weight is 468 g/mol. The van der Waals surface area contributed by atoms with Crippen LogP contribution in [0.25, 0.3) is 6.08 Å². The van der Waals surface area contributed by atoms with Crippen LogP contribution in [0.1, 0.15) is 133 Å². The van der Waals surface area contributed by atoms with Gasteiger partial charge in [-0.25, -0.2) is 4.79 Å². The lowest BCUT2D eigenvalue weighted by Crippen LogP contribution is -2.02. The van der Waals surface area contributed by atoms with Gasteiger partial charge in [0.15, 0.2) is 0 Å². The van der Waals surface area contributed by atoms with E-state index >= 15 is 0 Å². The van der Waals surface area contributed by atoms with Crippen molar-refractivity contribution in [2.75, 3.05) is 5.32 Å². The molecule has 0 bridgehead atoms. The molecule has 1 aromatic carbocycles. The monoisotopic (exact) mass is 467 g/mol. The van der Waals surface area contributed by atoms with Crippen molar-refractivity contribution in [1.29, 1.82) is 0 Å². The number of benzene rings is 1. The summed E-state index contributed by atoms with van der Waals surface area (Å²) in [6.45, 7) is 6.68. The zero-order valence-electron chi connectivity index (χ0n) is 22.1. The van der Waals surface area contributed by atoms with Gasteiger partial charge in [0.1, 0.15) is 0 Å². The number of unbranched alkanes of at least 4 members (excludes halogenated alkanes) is 12. The van der Waals surface area contributed by atoms with Crippen LogP contribution >= 0.6 is 0 Å². The Morgan fingerprint density at radius 1 is 0.765 bits per heavy atom. The molecule has 0 radical (unpaired) electrons. The predicted molar refractivity (Wildman–Crippen MR) is 149 cm³/mol. The minimum Gasteiger partial charge on any atom is -0.431 e. The van der Waals surface area contributed by atoms with E-state index < -0.39 is 0 Å². The third-order valence-electron chi connectivity index (χ3n) is 5.89. The summed E-state index contributed by atoms with van der Waals surface area (Å²) >= 11 is 0. The number of carbonyl (C=O) groups excluding carboxylic acids is 1. The number of carbonyl (C=O) groups is 1. The van der Waals surface area contributed by atoms with E-state index in [1.54, 1.807) is 6.26 Å². The van der Waals surface area contributed by atoms with Gasteiger partial charge in [-0.2, -0.15) is 0 Å². The summed E-state index contributed by atoms with van der Waals surface area (Å²) in [5, 5.41) is 3.41. The molecule has 1 aromatic rings. The van der Waals surface area contributed by atoms with Gasteiger partial charge in [0.2, 0.25) is 0 Å². The summed E-state index contributed by atoms with van der Waals surface area (Å²) in [6, 6.07) is 5.74. The first-order chi connectivity index (χ1) is 16.7. The molecule has 0 aromatic heterocycles. The van der Waals surface area contributed by atoms with E-state index in [4.69, 9.17) is 4.74 Å². The summed E-state index contributed by atoms with van der Waals surface area (Å²) in [4.78, 5) is 12.5. The second kappa shape index (κ2) is 21.3. The van der Waals surface area contributed by atoms with Crippen LogP contribution in [0.5, 0.6) is 0 Å². The van der Waals surface area contributed by atoms with Crippen LogP contribution in [0, 0.1) is 0 Å². The first-order valence-corrected chi connectivity index (χ1v) is 13.8. The van der Waals surface area contributed by atoms with Crippen LogP contribution in [0.2, 0.25) is 0 Å². The van der Waals surface area contributed by atoms with Crippen molar-refractivity contribution in [1.82, 2.24) is 0 Å². The molecular weight excluding hydrogens is 418 g/mol. The fourth-order valence-corrected chi connectivity index (χ4v) is 3.71. The van der Waals surface area contributed by atoms with Crippen molar-refractivity contribution < 1.29 is 9.53 Å². The summed E-state index contributed by atoms with van der Waals surface area (Å²) < 4.78 is 5.37. The van der Waals surface area contributed by atoms with Crippen molar-refractivity contribution in [2.45, 2.75) is 117 Å². The molecule has 0 heterocycles. The first-order valence-electron chi connectivity index (χ1n) is 13.8. The SMILES string of the molecule is CCCCCCC=CNc1ccc(C(=O)OC=CCCCCCC)cc1C=CCCCCCC. The average Bonchev–Trinajstić information content (AvgIpc) is 2.85. The van der Waals surface area contributed by atoms with Gasteiger partial charge >= 0.3 is 5.97 Å². The van der Waals surface area contributed by atoms with Crippen molar-refractivity contribution in [3.8, 4) is 0 Å². The highest BCUT2D eigenvalue weighted by Gasteiger charge is 2.09. The van der Waals surface area contributed by atoms with Gasteiger partial charge in [-0.15, -0.1) is 0 Å². The number of allylic oxidation sites excluding steroid dienone is 3. The van der Waals surface area contributed by atoms with E-state index in [1.165, 1.54) is 70.6 Å². The molecule has 0 aliphatic heterocycles. The molecule has 34 heavy (non-hydrogen) atoms. The fraction of sp³-hybridized carbons (Fsp3) is 0.581. The van der Waals surface area contributed by atoms with Crippen molar-refractivity contribution in [2.24, 2.45) is 0 Å². The van der Waals surface area contributed by atoms with Gasteiger partial charge in [0, 0.05) is 5.69 Å². The molecule has 0 saturated carbocycles. The minimum atomic E-state index is -0.305. The molecule has 0 saturated heterocycles. The molecule has 1 N–H and O–H groups in total. The minimum absolute atomic E-state index is 0.305. The van der Waals surface area contributed by atoms with E-state index in [1.807, 2.05) is 30.5 Å². The Morgan fingerprint density at radius 3 is 1.97 bits per heavy atom. The number of hydrogen-bond acceptors (Lipinski definition) is 3. The third-order valence-corrected chi connectivity index (χ3v) is 5.89. The largest absolute Gasteiger partial charge is 0.431 e. The first kappa shape index (κ1) is 29.7. The maximum absolute atomic E-state index is 12.5. The van der Waals surface area contributed by atoms with E-state index in [0.717, 1.165) is 36.9 Å². The fourth-order valence-electron chi connectivity index (χ4n) is 3.71. The lowest BCUT2D eigenvalue weighted by Gasteiger charge is -2.09. The molecule has 3 heteroatoms. The Balaban J connectivity index is 2.71. The highest BCUT2D eigenvalue weighted by Crippen LogP contribution is 2.21. The number of nitrogens with one attached hydrogen (secondary N) is 1. The summed E-state index contributed by atoms with van der Waals surface area (Å²) in [7, 11) is 0. The highest BCUT2D eigenvalue weighted by atomic mass is 16.5. The van der Waals surface area contributed by atoms with E-state index in [9.17, 15) is 4.79 Å². The van der Waals surface area contributed by atoms with Gasteiger partial charge in [0.25, 0.3) is 0 Å². The van der Waals surface area contributed by atoms with E-state index in [2.05, 4.69) is 44.3 Å². The van der Waals surface area contributed by atoms with Crippen LogP contribution in [0.3, 0.4) is 0 Å².